The first-order valence-electron chi connectivity index (χ1n) is 4.79. The minimum Gasteiger partial charge on any atom is -0.394 e. The number of urea groups is 1. The molecule has 0 saturated carbocycles. The second kappa shape index (κ2) is 6.18. The van der Waals surface area contributed by atoms with Crippen LogP contribution in [0.15, 0.2) is 12.2 Å². The summed E-state index contributed by atoms with van der Waals surface area (Å²) in [6, 6.07) is -0.866. The van der Waals surface area contributed by atoms with Gasteiger partial charge in [0.25, 0.3) is 0 Å². The molecule has 0 aromatic carbocycles. The van der Waals surface area contributed by atoms with Crippen LogP contribution in [0.4, 0.5) is 4.79 Å². The van der Waals surface area contributed by atoms with E-state index in [2.05, 4.69) is 10.6 Å². The van der Waals surface area contributed by atoms with Gasteiger partial charge >= 0.3 is 29.6 Å². The van der Waals surface area contributed by atoms with Gasteiger partial charge in [0.15, 0.2) is 17.8 Å². The third kappa shape index (κ3) is 2.72. The Morgan fingerprint density at radius 3 is 2.44 bits per heavy atom. The number of carbonyl (C=O) groups excluding carboxylic acids is 3. The van der Waals surface area contributed by atoms with E-state index in [-0.39, 0.29) is 36.0 Å². The molecule has 5 nitrogen and oxygen atoms in total. The molecular formula is C10H13N2NaO3. The van der Waals surface area contributed by atoms with Crippen molar-refractivity contribution in [1.82, 2.24) is 5.32 Å². The quantitative estimate of drug-likeness (QED) is 0.365. The number of rotatable bonds is 3. The molecule has 1 aliphatic rings. The molecule has 0 aromatic heterocycles. The van der Waals surface area contributed by atoms with Crippen LogP contribution >= 0.6 is 0 Å². The number of amides is 4. The molecule has 1 fully saturated rings. The number of barbiturate groups is 1. The fourth-order valence-corrected chi connectivity index (χ4v) is 1.50. The molecule has 1 heterocycles. The van der Waals surface area contributed by atoms with Gasteiger partial charge in [0.2, 0.25) is 0 Å². The first-order valence-corrected chi connectivity index (χ1v) is 4.79. The van der Waals surface area contributed by atoms with E-state index in [0.717, 1.165) is 0 Å². The molecule has 6 heteroatoms. The van der Waals surface area contributed by atoms with E-state index in [9.17, 15) is 14.4 Å². The van der Waals surface area contributed by atoms with E-state index >= 15 is 0 Å². The molecular weight excluding hydrogens is 219 g/mol. The third-order valence-electron chi connectivity index (χ3n) is 2.57. The zero-order valence-electron chi connectivity index (χ0n) is 9.74. The zero-order chi connectivity index (χ0) is 11.5. The number of hydrogen-bond acceptors (Lipinski definition) is 3. The Balaban J connectivity index is 0.00000225. The van der Waals surface area contributed by atoms with Crippen LogP contribution in [-0.4, -0.2) is 17.8 Å². The molecule has 16 heavy (non-hydrogen) atoms. The maximum atomic E-state index is 11.6. The van der Waals surface area contributed by atoms with Crippen LogP contribution in [0.25, 0.3) is 5.32 Å². The molecule has 1 saturated heterocycles. The molecule has 1 aliphatic heterocycles. The number of nitrogens with zero attached hydrogens (tertiary/aromatic N) is 1. The maximum absolute atomic E-state index is 11.6. The fraction of sp³-hybridized carbons (Fsp3) is 0.500. The van der Waals surface area contributed by atoms with Gasteiger partial charge in [-0.15, -0.1) is 0 Å². The normalized spacial score (nSPS) is 25.0. The number of hydrogen-bond donors (Lipinski definition) is 1. The summed E-state index contributed by atoms with van der Waals surface area (Å²) in [5, 5.41) is 5.33. The first kappa shape index (κ1) is 15.3. The molecule has 0 radical (unpaired) electrons. The van der Waals surface area contributed by atoms with E-state index in [4.69, 9.17) is 0 Å². The van der Waals surface area contributed by atoms with Gasteiger partial charge in [-0.05, 0) is 19.8 Å². The summed E-state index contributed by atoms with van der Waals surface area (Å²) in [5.74, 6) is -1.19. The van der Waals surface area contributed by atoms with Crippen molar-refractivity contribution in [3.63, 3.8) is 0 Å². The summed E-state index contributed by atoms with van der Waals surface area (Å²) in [5.41, 5.74) is -1.19. The van der Waals surface area contributed by atoms with Crippen molar-refractivity contribution in [2.75, 3.05) is 0 Å². The molecule has 0 spiro atoms. The summed E-state index contributed by atoms with van der Waals surface area (Å²) in [4.78, 5) is 34.0. The predicted molar refractivity (Wildman–Crippen MR) is 54.1 cm³/mol. The summed E-state index contributed by atoms with van der Waals surface area (Å²) in [7, 11) is 0. The van der Waals surface area contributed by atoms with Gasteiger partial charge in [0.05, 0.1) is 5.41 Å². The van der Waals surface area contributed by atoms with Crippen LogP contribution in [0.2, 0.25) is 0 Å². The molecule has 1 rings (SSSR count). The van der Waals surface area contributed by atoms with Gasteiger partial charge in [-0.3, -0.25) is 14.4 Å². The molecule has 0 aliphatic carbocycles. The average Bonchev–Trinajstić information content (AvgIpc) is 2.17. The Bertz CT molecular complexity index is 319. The monoisotopic (exact) mass is 232 g/mol. The third-order valence-corrected chi connectivity index (χ3v) is 2.57. The molecule has 0 aromatic rings. The van der Waals surface area contributed by atoms with E-state index < -0.39 is 23.3 Å². The van der Waals surface area contributed by atoms with Gasteiger partial charge in [-0.1, -0.05) is 19.1 Å². The number of nitrogens with one attached hydrogen (secondary N) is 1. The van der Waals surface area contributed by atoms with Crippen molar-refractivity contribution in [3.05, 3.63) is 17.5 Å². The van der Waals surface area contributed by atoms with Crippen LogP contribution in [0.3, 0.4) is 0 Å². The van der Waals surface area contributed by atoms with Crippen LogP contribution in [0, 0.1) is 5.41 Å². The number of allylic oxidation sites excluding steroid dienone is 2. The predicted octanol–water partition coefficient (Wildman–Crippen LogP) is -1.50. The van der Waals surface area contributed by atoms with E-state index in [1.54, 1.807) is 26.0 Å². The summed E-state index contributed by atoms with van der Waals surface area (Å²) in [6.45, 7) is 3.53. The molecule has 1 N–H and O–H groups in total. The molecule has 4 amide bonds. The summed E-state index contributed by atoms with van der Waals surface area (Å²) < 4.78 is 0. The SMILES string of the molecule is C/C=C\CC1(CC)C(=O)[N-]C(=O)NC1=O.[Na+]. The Morgan fingerprint density at radius 2 is 2.00 bits per heavy atom. The van der Waals surface area contributed by atoms with Crippen molar-refractivity contribution < 1.29 is 43.9 Å². The zero-order valence-corrected chi connectivity index (χ0v) is 11.7. The molecule has 1 unspecified atom stereocenters. The fourth-order valence-electron chi connectivity index (χ4n) is 1.50. The van der Waals surface area contributed by atoms with Crippen LogP contribution in [0.1, 0.15) is 26.7 Å². The van der Waals surface area contributed by atoms with Crippen molar-refractivity contribution >= 4 is 17.8 Å². The van der Waals surface area contributed by atoms with Crippen LogP contribution < -0.4 is 34.9 Å². The molecule has 82 valence electrons. The first-order chi connectivity index (χ1) is 7.06. The second-order valence-corrected chi connectivity index (χ2v) is 3.39. The largest absolute Gasteiger partial charge is 1.00 e. The Morgan fingerprint density at radius 1 is 1.38 bits per heavy atom. The Labute approximate surface area is 116 Å². The van der Waals surface area contributed by atoms with Crippen LogP contribution in [-0.2, 0) is 9.59 Å². The minimum absolute atomic E-state index is 0. The Hall–Kier alpha value is -0.650. The van der Waals surface area contributed by atoms with Gasteiger partial charge in [-0.2, -0.15) is 0 Å². The number of carbonyl (C=O) groups is 3. The van der Waals surface area contributed by atoms with Crippen molar-refractivity contribution in [1.29, 1.82) is 0 Å². The van der Waals surface area contributed by atoms with Crippen LogP contribution in [0.5, 0.6) is 0 Å². The van der Waals surface area contributed by atoms with Gasteiger partial charge in [0, 0.05) is 0 Å². The van der Waals surface area contributed by atoms with Gasteiger partial charge < -0.3 is 10.6 Å². The average molecular weight is 232 g/mol. The smallest absolute Gasteiger partial charge is 0.394 e. The Kier molecular flexibility index (Phi) is 5.92. The van der Waals surface area contributed by atoms with Gasteiger partial charge in [-0.25, -0.2) is 0 Å². The number of imide groups is 2. The van der Waals surface area contributed by atoms with Crippen molar-refractivity contribution in [2.45, 2.75) is 26.7 Å². The van der Waals surface area contributed by atoms with E-state index in [1.807, 2.05) is 0 Å². The minimum atomic E-state index is -1.19. The maximum Gasteiger partial charge on any atom is 1.00 e. The standard InChI is InChI=1S/C10H14N2O3.Na/c1-3-5-6-10(4-2)7(13)11-9(15)12-8(10)14;/h3,5H,4,6H2,1-2H3,(H2,11,12,13,14,15);/q;+1/p-1/b5-3-;. The van der Waals surface area contributed by atoms with Crippen molar-refractivity contribution in [3.8, 4) is 0 Å². The summed E-state index contributed by atoms with van der Waals surface area (Å²) in [6.07, 6.45) is 4.10. The van der Waals surface area contributed by atoms with E-state index in [0.29, 0.717) is 6.42 Å². The van der Waals surface area contributed by atoms with Crippen molar-refractivity contribution in [2.24, 2.45) is 5.41 Å². The topological polar surface area (TPSA) is 77.3 Å². The summed E-state index contributed by atoms with van der Waals surface area (Å²) >= 11 is 0. The molecule has 1 atom stereocenters. The molecule has 0 bridgehead atoms. The van der Waals surface area contributed by atoms with E-state index in [1.165, 1.54) is 0 Å². The van der Waals surface area contributed by atoms with Gasteiger partial charge in [0.1, 0.15) is 0 Å². The second-order valence-electron chi connectivity index (χ2n) is 3.39.